The fourth-order valence-electron chi connectivity index (χ4n) is 2.12. The molecule has 0 spiro atoms. The molecule has 0 saturated heterocycles. The summed E-state index contributed by atoms with van der Waals surface area (Å²) >= 11 is 8.90. The zero-order chi connectivity index (χ0) is 20.4. The predicted molar refractivity (Wildman–Crippen MR) is 94.9 cm³/mol. The van der Waals surface area contributed by atoms with Crippen LogP contribution in [0.1, 0.15) is 11.1 Å². The maximum absolute atomic E-state index is 13.0. The van der Waals surface area contributed by atoms with Gasteiger partial charge in [-0.1, -0.05) is 18.2 Å². The molecule has 2 N–H and O–H groups in total. The molecule has 0 saturated carbocycles. The van der Waals surface area contributed by atoms with Crippen LogP contribution in [-0.4, -0.2) is 26.4 Å². The molecule has 11 heteroatoms. The smallest absolute Gasteiger partial charge is 0.374 e. The Bertz CT molecular complexity index is 919. The van der Waals surface area contributed by atoms with E-state index in [0.29, 0.717) is 6.07 Å². The molecule has 1 atom stereocenters. The fraction of sp³-hybridized carbons (Fsp3) is 0.188. The molecule has 6 nitrogen and oxygen atoms in total. The lowest BCUT2D eigenvalue weighted by Crippen LogP contribution is -2.44. The van der Waals surface area contributed by atoms with Gasteiger partial charge in [0.15, 0.2) is 5.60 Å². The monoisotopic (exact) mass is 462 g/mol. The molecule has 2 aromatic rings. The summed E-state index contributed by atoms with van der Waals surface area (Å²) in [4.78, 5) is 12.4. The second-order valence-corrected chi connectivity index (χ2v) is 6.58. The number of anilines is 1. The number of nitrogens with one attached hydrogen (secondary N) is 1. The Balaban J connectivity index is 2.28. The third-order valence-electron chi connectivity index (χ3n) is 3.51. The Morgan fingerprint density at radius 1 is 1.52 bits per heavy atom. The number of nitrogens with zero attached hydrogens (tertiary/aromatic N) is 3. The molecule has 0 aliphatic rings. The number of nitriles is 1. The van der Waals surface area contributed by atoms with Crippen LogP contribution in [0.15, 0.2) is 41.7 Å². The Hall–Kier alpha value is -2.35. The second kappa shape index (κ2) is 7.72. The van der Waals surface area contributed by atoms with Gasteiger partial charge >= 0.3 is 6.18 Å². The standard InChI is InChI=1S/C16H11BrClF3N4O2/c1-2-15(27,8-25-7-12(18)13(17)24-25)14(26)23-10-4-3-9(6-22)11(5-10)16(19,20)21/h2-5,7,27H,1,8H2,(H,23,26). The number of aliphatic hydroxyl groups is 1. The lowest BCUT2D eigenvalue weighted by Gasteiger charge is -2.23. The van der Waals surface area contributed by atoms with E-state index in [0.717, 1.165) is 18.2 Å². The highest BCUT2D eigenvalue weighted by Gasteiger charge is 2.36. The summed E-state index contributed by atoms with van der Waals surface area (Å²) in [5.74, 6) is -1.03. The van der Waals surface area contributed by atoms with Crippen LogP contribution in [0.2, 0.25) is 5.02 Å². The van der Waals surface area contributed by atoms with Crippen LogP contribution in [0.3, 0.4) is 0 Å². The topological polar surface area (TPSA) is 90.9 Å². The Labute approximate surface area is 165 Å². The maximum Gasteiger partial charge on any atom is 0.417 e. The highest BCUT2D eigenvalue weighted by Crippen LogP contribution is 2.33. The van der Waals surface area contributed by atoms with Gasteiger partial charge in [-0.3, -0.25) is 9.48 Å². The zero-order valence-corrected chi connectivity index (χ0v) is 15.7. The molecule has 0 aliphatic heterocycles. The fourth-order valence-corrected chi connectivity index (χ4v) is 2.58. The van der Waals surface area contributed by atoms with Crippen molar-refractivity contribution in [3.8, 4) is 6.07 Å². The van der Waals surface area contributed by atoms with E-state index < -0.39 is 28.8 Å². The summed E-state index contributed by atoms with van der Waals surface area (Å²) in [7, 11) is 0. The van der Waals surface area contributed by atoms with Crippen LogP contribution < -0.4 is 5.32 Å². The highest BCUT2D eigenvalue weighted by molar-refractivity contribution is 9.10. The van der Waals surface area contributed by atoms with E-state index >= 15 is 0 Å². The number of alkyl halides is 3. The van der Waals surface area contributed by atoms with Gasteiger partial charge in [-0.15, -0.1) is 0 Å². The van der Waals surface area contributed by atoms with E-state index in [2.05, 4.69) is 32.9 Å². The number of aromatic nitrogens is 2. The van der Waals surface area contributed by atoms with Crippen molar-refractivity contribution in [3.63, 3.8) is 0 Å². The first-order valence-corrected chi connectivity index (χ1v) is 8.34. The molecule has 142 valence electrons. The van der Waals surface area contributed by atoms with Crippen LogP contribution in [0, 0.1) is 11.3 Å². The molecule has 2 rings (SSSR count). The minimum Gasteiger partial charge on any atom is -0.374 e. The van der Waals surface area contributed by atoms with Gasteiger partial charge in [0, 0.05) is 11.9 Å². The van der Waals surface area contributed by atoms with Crippen molar-refractivity contribution >= 4 is 39.1 Å². The molecular weight excluding hydrogens is 453 g/mol. The minimum absolute atomic E-state index is 0.240. The first-order valence-electron chi connectivity index (χ1n) is 7.17. The van der Waals surface area contributed by atoms with E-state index in [1.807, 2.05) is 0 Å². The van der Waals surface area contributed by atoms with Gasteiger partial charge in [-0.25, -0.2) is 0 Å². The van der Waals surface area contributed by atoms with Crippen LogP contribution in [-0.2, 0) is 17.5 Å². The summed E-state index contributed by atoms with van der Waals surface area (Å²) < 4.78 is 40.5. The molecule has 0 aliphatic carbocycles. The average molecular weight is 464 g/mol. The van der Waals surface area contributed by atoms with Crippen LogP contribution in [0.5, 0.6) is 0 Å². The normalized spacial score (nSPS) is 13.5. The van der Waals surface area contributed by atoms with E-state index in [1.54, 1.807) is 0 Å². The zero-order valence-electron chi connectivity index (χ0n) is 13.4. The van der Waals surface area contributed by atoms with Crippen molar-refractivity contribution in [2.45, 2.75) is 18.3 Å². The second-order valence-electron chi connectivity index (χ2n) is 5.42. The number of hydrogen-bond acceptors (Lipinski definition) is 4. The molecule has 1 aromatic heterocycles. The number of rotatable bonds is 5. The first-order chi connectivity index (χ1) is 12.5. The Morgan fingerprint density at radius 2 is 2.19 bits per heavy atom. The molecule has 0 bridgehead atoms. The third-order valence-corrected chi connectivity index (χ3v) is 4.60. The first kappa shape index (κ1) is 21.0. The van der Waals surface area contributed by atoms with E-state index in [4.69, 9.17) is 16.9 Å². The molecule has 1 amide bonds. The van der Waals surface area contributed by atoms with Crippen molar-refractivity contribution in [1.82, 2.24) is 9.78 Å². The molecule has 1 heterocycles. The third kappa shape index (κ3) is 4.68. The lowest BCUT2D eigenvalue weighted by atomic mass is 10.0. The molecule has 1 aromatic carbocycles. The largest absolute Gasteiger partial charge is 0.417 e. The number of carbonyl (C=O) groups excluding carboxylic acids is 1. The SMILES string of the molecule is C=CC(O)(Cn1cc(Cl)c(Br)n1)C(=O)Nc1ccc(C#N)c(C(F)(F)F)c1. The number of carbonyl (C=O) groups is 1. The van der Waals surface area contributed by atoms with Crippen LogP contribution in [0.4, 0.5) is 18.9 Å². The van der Waals surface area contributed by atoms with Crippen molar-refractivity contribution in [3.05, 3.63) is 57.8 Å². The van der Waals surface area contributed by atoms with Gasteiger partial charge in [-0.2, -0.15) is 23.5 Å². The summed E-state index contributed by atoms with van der Waals surface area (Å²) in [5, 5.41) is 25.7. The number of benzene rings is 1. The van der Waals surface area contributed by atoms with Gasteiger partial charge in [-0.05, 0) is 40.2 Å². The van der Waals surface area contributed by atoms with E-state index in [-0.39, 0.29) is 21.9 Å². The molecule has 0 fully saturated rings. The molecule has 1 unspecified atom stereocenters. The van der Waals surface area contributed by atoms with Gasteiger partial charge in [0.1, 0.15) is 4.60 Å². The Kier molecular flexibility index (Phi) is 5.99. The van der Waals surface area contributed by atoms with Crippen LogP contribution in [0.25, 0.3) is 0 Å². The van der Waals surface area contributed by atoms with Crippen LogP contribution >= 0.6 is 27.5 Å². The van der Waals surface area contributed by atoms with Gasteiger partial charge in [0.05, 0.1) is 28.8 Å². The van der Waals surface area contributed by atoms with Crippen molar-refractivity contribution in [1.29, 1.82) is 5.26 Å². The molecule has 0 radical (unpaired) electrons. The minimum atomic E-state index is -4.78. The van der Waals surface area contributed by atoms with E-state index in [9.17, 15) is 23.1 Å². The van der Waals surface area contributed by atoms with Gasteiger partial charge in [0.25, 0.3) is 5.91 Å². The van der Waals surface area contributed by atoms with Crippen molar-refractivity contribution in [2.75, 3.05) is 5.32 Å². The van der Waals surface area contributed by atoms with Gasteiger partial charge in [0.2, 0.25) is 0 Å². The summed E-state index contributed by atoms with van der Waals surface area (Å²) in [6.45, 7) is 3.01. The summed E-state index contributed by atoms with van der Waals surface area (Å²) in [5.41, 5.74) is -4.21. The molecule has 27 heavy (non-hydrogen) atoms. The number of hydrogen-bond donors (Lipinski definition) is 2. The van der Waals surface area contributed by atoms with Gasteiger partial charge < -0.3 is 10.4 Å². The number of halogens is 5. The summed E-state index contributed by atoms with van der Waals surface area (Å²) in [6.07, 6.45) is -2.50. The molecular formula is C16H11BrClF3N4O2. The maximum atomic E-state index is 13.0. The van der Waals surface area contributed by atoms with Crippen molar-refractivity contribution in [2.24, 2.45) is 0 Å². The lowest BCUT2D eigenvalue weighted by molar-refractivity contribution is -0.137. The quantitative estimate of drug-likeness (QED) is 0.661. The van der Waals surface area contributed by atoms with Crippen molar-refractivity contribution < 1.29 is 23.1 Å². The highest BCUT2D eigenvalue weighted by atomic mass is 79.9. The summed E-state index contributed by atoms with van der Waals surface area (Å²) in [6, 6.07) is 4.10. The number of amides is 1. The van der Waals surface area contributed by atoms with E-state index in [1.165, 1.54) is 16.9 Å². The average Bonchev–Trinajstić information content (AvgIpc) is 2.91. The predicted octanol–water partition coefficient (Wildman–Crippen LogP) is 3.75. The Morgan fingerprint density at radius 3 is 2.67 bits per heavy atom.